The SMILES string of the molecule is CN1CC[C@H](NC(=O)NCCc2csc(-c3ccccc3)n2)C1=O. The van der Waals surface area contributed by atoms with Crippen LogP contribution in [0.4, 0.5) is 4.79 Å². The first-order valence-corrected chi connectivity index (χ1v) is 8.80. The summed E-state index contributed by atoms with van der Waals surface area (Å²) in [5.74, 6) is -0.0304. The summed E-state index contributed by atoms with van der Waals surface area (Å²) in [6.45, 7) is 1.17. The lowest BCUT2D eigenvalue weighted by Crippen LogP contribution is -2.46. The largest absolute Gasteiger partial charge is 0.344 e. The lowest BCUT2D eigenvalue weighted by molar-refractivity contribution is -0.128. The minimum absolute atomic E-state index is 0.0304. The first-order valence-electron chi connectivity index (χ1n) is 7.92. The highest BCUT2D eigenvalue weighted by Gasteiger charge is 2.29. The zero-order chi connectivity index (χ0) is 16.9. The van der Waals surface area contributed by atoms with Crippen molar-refractivity contribution in [3.05, 3.63) is 41.4 Å². The summed E-state index contributed by atoms with van der Waals surface area (Å²) in [5, 5.41) is 8.50. The molecule has 0 aliphatic carbocycles. The van der Waals surface area contributed by atoms with Crippen molar-refractivity contribution in [2.45, 2.75) is 18.9 Å². The minimum atomic E-state index is -0.404. The number of urea groups is 1. The second kappa shape index (κ2) is 7.44. The van der Waals surface area contributed by atoms with Gasteiger partial charge in [0.25, 0.3) is 0 Å². The van der Waals surface area contributed by atoms with E-state index < -0.39 is 6.04 Å². The number of nitrogens with one attached hydrogen (secondary N) is 2. The number of nitrogens with zero attached hydrogens (tertiary/aromatic N) is 2. The second-order valence-electron chi connectivity index (χ2n) is 5.76. The number of thiazole rings is 1. The Bertz CT molecular complexity index is 716. The van der Waals surface area contributed by atoms with Crippen LogP contribution in [0.3, 0.4) is 0 Å². The summed E-state index contributed by atoms with van der Waals surface area (Å²) in [7, 11) is 1.74. The molecule has 0 spiro atoms. The average Bonchev–Trinajstić information content (AvgIpc) is 3.18. The molecule has 2 N–H and O–H groups in total. The van der Waals surface area contributed by atoms with Crippen LogP contribution >= 0.6 is 11.3 Å². The topological polar surface area (TPSA) is 74.3 Å². The Morgan fingerprint density at radius 1 is 1.38 bits per heavy atom. The maximum absolute atomic E-state index is 11.9. The Morgan fingerprint density at radius 2 is 2.17 bits per heavy atom. The van der Waals surface area contributed by atoms with Gasteiger partial charge in [-0.1, -0.05) is 30.3 Å². The van der Waals surface area contributed by atoms with Crippen LogP contribution in [0, 0.1) is 0 Å². The first kappa shape index (κ1) is 16.4. The van der Waals surface area contributed by atoms with Crippen molar-refractivity contribution >= 4 is 23.3 Å². The van der Waals surface area contributed by atoms with Gasteiger partial charge in [-0.05, 0) is 6.42 Å². The third-order valence-corrected chi connectivity index (χ3v) is 4.91. The van der Waals surface area contributed by atoms with Gasteiger partial charge in [-0.3, -0.25) is 4.79 Å². The predicted molar refractivity (Wildman–Crippen MR) is 93.8 cm³/mol. The molecule has 0 bridgehead atoms. The summed E-state index contributed by atoms with van der Waals surface area (Å²) in [4.78, 5) is 29.8. The molecular formula is C17H20N4O2S. The molecular weight excluding hydrogens is 324 g/mol. The fourth-order valence-corrected chi connectivity index (χ4v) is 3.47. The maximum atomic E-state index is 11.9. The number of hydrogen-bond donors (Lipinski definition) is 2. The van der Waals surface area contributed by atoms with Gasteiger partial charge in [0, 0.05) is 37.5 Å². The Morgan fingerprint density at radius 3 is 2.88 bits per heavy atom. The van der Waals surface area contributed by atoms with Crippen molar-refractivity contribution in [1.82, 2.24) is 20.5 Å². The monoisotopic (exact) mass is 344 g/mol. The number of carbonyl (C=O) groups is 2. The molecule has 2 aromatic rings. The molecule has 1 aromatic carbocycles. The molecule has 1 aliphatic rings. The average molecular weight is 344 g/mol. The van der Waals surface area contributed by atoms with Crippen LogP contribution < -0.4 is 10.6 Å². The molecule has 1 fully saturated rings. The molecule has 0 unspecified atom stereocenters. The number of benzene rings is 1. The molecule has 1 aromatic heterocycles. The van der Waals surface area contributed by atoms with E-state index in [2.05, 4.69) is 15.6 Å². The van der Waals surface area contributed by atoms with Crippen LogP contribution in [-0.2, 0) is 11.2 Å². The van der Waals surface area contributed by atoms with Crippen molar-refractivity contribution in [3.63, 3.8) is 0 Å². The molecule has 24 heavy (non-hydrogen) atoms. The summed E-state index contributed by atoms with van der Waals surface area (Å²) in [6, 6.07) is 9.32. The molecule has 1 saturated heterocycles. The smallest absolute Gasteiger partial charge is 0.315 e. The highest BCUT2D eigenvalue weighted by atomic mass is 32.1. The van der Waals surface area contributed by atoms with Crippen LogP contribution in [0.2, 0.25) is 0 Å². The van der Waals surface area contributed by atoms with Gasteiger partial charge in [0.15, 0.2) is 0 Å². The number of rotatable bonds is 5. The molecule has 1 aliphatic heterocycles. The summed E-state index contributed by atoms with van der Waals surface area (Å²) in [5.41, 5.74) is 2.05. The number of aromatic nitrogens is 1. The third kappa shape index (κ3) is 3.91. The second-order valence-corrected chi connectivity index (χ2v) is 6.62. The molecule has 3 amide bonds. The van der Waals surface area contributed by atoms with Crippen molar-refractivity contribution < 1.29 is 9.59 Å². The van der Waals surface area contributed by atoms with E-state index in [4.69, 9.17) is 0 Å². The molecule has 126 valence electrons. The van der Waals surface area contributed by atoms with Gasteiger partial charge >= 0.3 is 6.03 Å². The van der Waals surface area contributed by atoms with Gasteiger partial charge in [0.05, 0.1) is 5.69 Å². The zero-order valence-electron chi connectivity index (χ0n) is 13.5. The predicted octanol–water partition coefficient (Wildman–Crippen LogP) is 1.88. The maximum Gasteiger partial charge on any atom is 0.315 e. The lowest BCUT2D eigenvalue weighted by Gasteiger charge is -2.12. The summed E-state index contributed by atoms with van der Waals surface area (Å²) in [6.07, 6.45) is 1.32. The first-order chi connectivity index (χ1) is 11.6. The standard InChI is InChI=1S/C17H20N4O2S/c1-21-10-8-14(16(21)22)20-17(23)18-9-7-13-11-24-15(19-13)12-5-3-2-4-6-12/h2-6,11,14H,7-10H2,1H3,(H2,18,20,23)/t14-/m0/s1. The summed E-state index contributed by atoms with van der Waals surface area (Å²) < 4.78 is 0. The quantitative estimate of drug-likeness (QED) is 0.870. The zero-order valence-corrected chi connectivity index (χ0v) is 14.3. The van der Waals surface area contributed by atoms with Crippen molar-refractivity contribution in [1.29, 1.82) is 0 Å². The highest BCUT2D eigenvalue weighted by molar-refractivity contribution is 7.13. The van der Waals surface area contributed by atoms with E-state index in [1.54, 1.807) is 23.3 Å². The van der Waals surface area contributed by atoms with E-state index in [0.717, 1.165) is 16.3 Å². The fraction of sp³-hybridized carbons (Fsp3) is 0.353. The van der Waals surface area contributed by atoms with Gasteiger partial charge in [0.2, 0.25) is 5.91 Å². The van der Waals surface area contributed by atoms with Crippen LogP contribution in [-0.4, -0.2) is 48.0 Å². The molecule has 0 radical (unpaired) electrons. The van der Waals surface area contributed by atoms with Gasteiger partial charge < -0.3 is 15.5 Å². The number of carbonyl (C=O) groups excluding carboxylic acids is 2. The number of likely N-dealkylation sites (tertiary alicyclic amines) is 1. The van der Waals surface area contributed by atoms with E-state index in [9.17, 15) is 9.59 Å². The van der Waals surface area contributed by atoms with E-state index in [-0.39, 0.29) is 11.9 Å². The number of amides is 3. The van der Waals surface area contributed by atoms with Crippen LogP contribution in [0.25, 0.3) is 10.6 Å². The van der Waals surface area contributed by atoms with Crippen molar-refractivity contribution in [2.24, 2.45) is 0 Å². The Hall–Kier alpha value is -2.41. The Balaban J connectivity index is 1.44. The Kier molecular flexibility index (Phi) is 5.10. The minimum Gasteiger partial charge on any atom is -0.344 e. The summed E-state index contributed by atoms with van der Waals surface area (Å²) >= 11 is 1.60. The van der Waals surface area contributed by atoms with Crippen LogP contribution in [0.1, 0.15) is 12.1 Å². The highest BCUT2D eigenvalue weighted by Crippen LogP contribution is 2.23. The van der Waals surface area contributed by atoms with E-state index >= 15 is 0 Å². The molecule has 6 nitrogen and oxygen atoms in total. The molecule has 3 rings (SSSR count). The van der Waals surface area contributed by atoms with Crippen LogP contribution in [0.15, 0.2) is 35.7 Å². The molecule has 2 heterocycles. The fourth-order valence-electron chi connectivity index (χ4n) is 2.60. The van der Waals surface area contributed by atoms with Gasteiger partial charge in [0.1, 0.15) is 11.0 Å². The normalized spacial score (nSPS) is 17.1. The number of hydrogen-bond acceptors (Lipinski definition) is 4. The van der Waals surface area contributed by atoms with Crippen molar-refractivity contribution in [3.8, 4) is 10.6 Å². The van der Waals surface area contributed by atoms with Crippen molar-refractivity contribution in [2.75, 3.05) is 20.1 Å². The molecule has 0 saturated carbocycles. The van der Waals surface area contributed by atoms with E-state index in [1.807, 2.05) is 35.7 Å². The van der Waals surface area contributed by atoms with Gasteiger partial charge in [-0.2, -0.15) is 0 Å². The Labute approximate surface area is 144 Å². The third-order valence-electron chi connectivity index (χ3n) is 3.97. The van der Waals surface area contributed by atoms with Gasteiger partial charge in [-0.15, -0.1) is 11.3 Å². The number of likely N-dealkylation sites (N-methyl/N-ethyl adjacent to an activating group) is 1. The lowest BCUT2D eigenvalue weighted by atomic mass is 10.2. The van der Waals surface area contributed by atoms with Gasteiger partial charge in [-0.25, -0.2) is 9.78 Å². The van der Waals surface area contributed by atoms with Crippen LogP contribution in [0.5, 0.6) is 0 Å². The van der Waals surface area contributed by atoms with E-state index in [0.29, 0.717) is 25.9 Å². The molecule has 7 heteroatoms. The molecule has 1 atom stereocenters. The van der Waals surface area contributed by atoms with E-state index in [1.165, 1.54) is 0 Å².